The summed E-state index contributed by atoms with van der Waals surface area (Å²) in [5, 5.41) is 13.5. The summed E-state index contributed by atoms with van der Waals surface area (Å²) in [5.74, 6) is -2.03. The first-order valence-corrected chi connectivity index (χ1v) is 6.55. The molecule has 0 aromatic heterocycles. The van der Waals surface area contributed by atoms with Gasteiger partial charge in [0.25, 0.3) is 0 Å². The molecule has 0 heterocycles. The monoisotopic (exact) mass is 304 g/mol. The maximum Gasteiger partial charge on any atom is 0.305 e. The Morgan fingerprint density at radius 3 is 2.38 bits per heavy atom. The van der Waals surface area contributed by atoms with E-state index in [-0.39, 0.29) is 18.7 Å². The van der Waals surface area contributed by atoms with E-state index in [1.165, 1.54) is 0 Å². The van der Waals surface area contributed by atoms with Crippen molar-refractivity contribution in [3.05, 3.63) is 39.4 Å². The standard InChI is InChI=1S/C13H18F2N2O4/c1-3-20-13(21-4-2)8-16-7-9-5-12(17(18)19)11(15)6-10(9)14/h5-6,13,16H,3-4,7-8H2,1-2H3. The molecule has 0 saturated heterocycles. The highest BCUT2D eigenvalue weighted by atomic mass is 19.1. The van der Waals surface area contributed by atoms with E-state index in [0.29, 0.717) is 19.3 Å². The Balaban J connectivity index is 2.66. The molecule has 118 valence electrons. The SMILES string of the molecule is CCOC(CNCc1cc([N+](=O)[O-])c(F)cc1F)OCC. The Hall–Kier alpha value is -1.64. The summed E-state index contributed by atoms with van der Waals surface area (Å²) in [4.78, 5) is 9.73. The molecule has 0 fully saturated rings. The molecular formula is C13H18F2N2O4. The van der Waals surface area contributed by atoms with Crippen molar-refractivity contribution in [3.63, 3.8) is 0 Å². The van der Waals surface area contributed by atoms with Gasteiger partial charge in [0.1, 0.15) is 5.82 Å². The van der Waals surface area contributed by atoms with Gasteiger partial charge in [0.2, 0.25) is 5.82 Å². The molecule has 0 radical (unpaired) electrons. The predicted octanol–water partition coefficient (Wildman–Crippen LogP) is 2.36. The molecule has 1 N–H and O–H groups in total. The Bertz CT molecular complexity index is 479. The number of hydrogen-bond donors (Lipinski definition) is 1. The normalized spacial score (nSPS) is 11.1. The van der Waals surface area contributed by atoms with Gasteiger partial charge in [-0.3, -0.25) is 10.1 Å². The zero-order valence-corrected chi connectivity index (χ0v) is 11.9. The second-order valence-electron chi connectivity index (χ2n) is 4.12. The number of halogens is 2. The van der Waals surface area contributed by atoms with Crippen molar-refractivity contribution < 1.29 is 23.2 Å². The fourth-order valence-corrected chi connectivity index (χ4v) is 1.72. The van der Waals surface area contributed by atoms with Crippen LogP contribution in [0.15, 0.2) is 12.1 Å². The van der Waals surface area contributed by atoms with Crippen LogP contribution in [0.1, 0.15) is 19.4 Å². The van der Waals surface area contributed by atoms with Crippen molar-refractivity contribution in [3.8, 4) is 0 Å². The van der Waals surface area contributed by atoms with Gasteiger partial charge in [-0.25, -0.2) is 4.39 Å². The third kappa shape index (κ3) is 5.33. The molecule has 6 nitrogen and oxygen atoms in total. The number of ether oxygens (including phenoxy) is 2. The van der Waals surface area contributed by atoms with Gasteiger partial charge in [0, 0.05) is 44.0 Å². The van der Waals surface area contributed by atoms with Crippen LogP contribution < -0.4 is 5.32 Å². The highest BCUT2D eigenvalue weighted by molar-refractivity contribution is 5.37. The van der Waals surface area contributed by atoms with Gasteiger partial charge in [-0.2, -0.15) is 4.39 Å². The fourth-order valence-electron chi connectivity index (χ4n) is 1.72. The minimum Gasteiger partial charge on any atom is -0.352 e. The second kappa shape index (κ2) is 8.60. The van der Waals surface area contributed by atoms with Gasteiger partial charge >= 0.3 is 5.69 Å². The second-order valence-corrected chi connectivity index (χ2v) is 4.12. The summed E-state index contributed by atoms with van der Waals surface area (Å²) >= 11 is 0. The van der Waals surface area contributed by atoms with E-state index in [4.69, 9.17) is 9.47 Å². The number of nitro benzene ring substituents is 1. The Kier molecular flexibility index (Phi) is 7.13. The topological polar surface area (TPSA) is 73.6 Å². The molecule has 0 unspecified atom stereocenters. The average molecular weight is 304 g/mol. The average Bonchev–Trinajstić information content (AvgIpc) is 2.41. The summed E-state index contributed by atoms with van der Waals surface area (Å²) in [6.45, 7) is 4.84. The number of rotatable bonds is 9. The molecule has 0 bridgehead atoms. The van der Waals surface area contributed by atoms with E-state index in [1.807, 2.05) is 13.8 Å². The molecule has 0 spiro atoms. The van der Waals surface area contributed by atoms with Crippen molar-refractivity contribution in [2.24, 2.45) is 0 Å². The summed E-state index contributed by atoms with van der Waals surface area (Å²) in [7, 11) is 0. The van der Waals surface area contributed by atoms with Crippen molar-refractivity contribution in [1.82, 2.24) is 5.32 Å². The molecule has 0 atom stereocenters. The number of nitrogens with zero attached hydrogens (tertiary/aromatic N) is 1. The zero-order valence-electron chi connectivity index (χ0n) is 11.9. The van der Waals surface area contributed by atoms with E-state index in [2.05, 4.69) is 5.32 Å². The van der Waals surface area contributed by atoms with Gasteiger partial charge < -0.3 is 14.8 Å². The molecule has 0 aliphatic carbocycles. The lowest BCUT2D eigenvalue weighted by atomic mass is 10.2. The molecule has 21 heavy (non-hydrogen) atoms. The summed E-state index contributed by atoms with van der Waals surface area (Å²) < 4.78 is 37.3. The largest absolute Gasteiger partial charge is 0.352 e. The van der Waals surface area contributed by atoms with E-state index in [1.54, 1.807) is 0 Å². The molecule has 8 heteroatoms. The Morgan fingerprint density at radius 1 is 1.24 bits per heavy atom. The minimum absolute atomic E-state index is 0.00357. The molecule has 1 aromatic carbocycles. The molecule has 0 amide bonds. The summed E-state index contributed by atoms with van der Waals surface area (Å²) in [5.41, 5.74) is -0.741. The lowest BCUT2D eigenvalue weighted by Crippen LogP contribution is -2.31. The van der Waals surface area contributed by atoms with Crippen LogP contribution in [0, 0.1) is 21.7 Å². The van der Waals surface area contributed by atoms with Crippen LogP contribution in [0.5, 0.6) is 0 Å². The quantitative estimate of drug-likeness (QED) is 0.431. The fraction of sp³-hybridized carbons (Fsp3) is 0.538. The van der Waals surface area contributed by atoms with Gasteiger partial charge in [0.15, 0.2) is 6.29 Å². The van der Waals surface area contributed by atoms with Crippen molar-refractivity contribution in [2.75, 3.05) is 19.8 Å². The first-order valence-electron chi connectivity index (χ1n) is 6.55. The lowest BCUT2D eigenvalue weighted by Gasteiger charge is -2.17. The molecular weight excluding hydrogens is 286 g/mol. The van der Waals surface area contributed by atoms with Crippen LogP contribution >= 0.6 is 0 Å². The first-order chi connectivity index (χ1) is 9.99. The van der Waals surface area contributed by atoms with Crippen LogP contribution in [-0.2, 0) is 16.0 Å². The minimum atomic E-state index is -1.19. The van der Waals surface area contributed by atoms with Crippen LogP contribution in [0.25, 0.3) is 0 Å². The number of hydrogen-bond acceptors (Lipinski definition) is 5. The molecule has 1 aromatic rings. The van der Waals surface area contributed by atoms with Crippen LogP contribution in [0.2, 0.25) is 0 Å². The van der Waals surface area contributed by atoms with Gasteiger partial charge in [-0.15, -0.1) is 0 Å². The summed E-state index contributed by atoms with van der Waals surface area (Å²) in [6, 6.07) is 1.39. The van der Waals surface area contributed by atoms with Crippen molar-refractivity contribution in [2.45, 2.75) is 26.7 Å². The molecule has 0 aliphatic rings. The van der Waals surface area contributed by atoms with Gasteiger partial charge in [0.05, 0.1) is 4.92 Å². The smallest absolute Gasteiger partial charge is 0.305 e. The van der Waals surface area contributed by atoms with E-state index in [9.17, 15) is 18.9 Å². The zero-order chi connectivity index (χ0) is 15.8. The first kappa shape index (κ1) is 17.4. The maximum absolute atomic E-state index is 13.5. The van der Waals surface area contributed by atoms with E-state index in [0.717, 1.165) is 6.07 Å². The third-order valence-corrected chi connectivity index (χ3v) is 2.64. The predicted molar refractivity (Wildman–Crippen MR) is 71.8 cm³/mol. The molecule has 1 rings (SSSR count). The van der Waals surface area contributed by atoms with Gasteiger partial charge in [-0.1, -0.05) is 0 Å². The third-order valence-electron chi connectivity index (χ3n) is 2.64. The number of benzene rings is 1. The Labute approximate surface area is 121 Å². The van der Waals surface area contributed by atoms with Crippen molar-refractivity contribution in [1.29, 1.82) is 0 Å². The lowest BCUT2D eigenvalue weighted by molar-refractivity contribution is -0.387. The van der Waals surface area contributed by atoms with E-state index >= 15 is 0 Å². The van der Waals surface area contributed by atoms with Crippen LogP contribution in [-0.4, -0.2) is 31.0 Å². The summed E-state index contributed by atoms with van der Waals surface area (Å²) in [6.07, 6.45) is -0.488. The van der Waals surface area contributed by atoms with Crippen LogP contribution in [0.3, 0.4) is 0 Å². The highest BCUT2D eigenvalue weighted by Crippen LogP contribution is 2.21. The molecule has 0 aliphatic heterocycles. The molecule has 0 saturated carbocycles. The van der Waals surface area contributed by atoms with Crippen molar-refractivity contribution >= 4 is 5.69 Å². The van der Waals surface area contributed by atoms with Crippen LogP contribution in [0.4, 0.5) is 14.5 Å². The number of nitro groups is 1. The van der Waals surface area contributed by atoms with E-state index < -0.39 is 28.5 Å². The number of nitrogens with one attached hydrogen (secondary N) is 1. The highest BCUT2D eigenvalue weighted by Gasteiger charge is 2.18. The van der Waals surface area contributed by atoms with Gasteiger partial charge in [-0.05, 0) is 13.8 Å². The maximum atomic E-state index is 13.5. The Morgan fingerprint density at radius 2 is 1.86 bits per heavy atom.